The number of hydrogen-bond donors (Lipinski definition) is 0. The third kappa shape index (κ3) is 3.33. The van der Waals surface area contributed by atoms with E-state index in [0.717, 1.165) is 29.1 Å². The molecule has 2 amide bonds. The number of amides is 2. The molecule has 182 valence electrons. The van der Waals surface area contributed by atoms with Gasteiger partial charge >= 0.3 is 0 Å². The zero-order valence-corrected chi connectivity index (χ0v) is 20.8. The number of aromatic nitrogens is 1. The zero-order chi connectivity index (χ0) is 24.5. The molecule has 1 aliphatic carbocycles. The number of rotatable bonds is 3. The molecule has 0 saturated carbocycles. The molecule has 2 aliphatic heterocycles. The molecule has 3 aliphatic rings. The van der Waals surface area contributed by atoms with E-state index in [9.17, 15) is 18.0 Å². The number of fused-ring (bicyclic) bond motifs is 3. The lowest BCUT2D eigenvalue weighted by molar-refractivity contribution is -0.141. The van der Waals surface area contributed by atoms with Crippen molar-refractivity contribution in [1.29, 1.82) is 0 Å². The van der Waals surface area contributed by atoms with Crippen LogP contribution in [0.4, 0.5) is 0 Å². The van der Waals surface area contributed by atoms with Crippen molar-refractivity contribution in [2.45, 2.75) is 69.5 Å². The van der Waals surface area contributed by atoms with E-state index >= 15 is 0 Å². The lowest BCUT2D eigenvalue weighted by Gasteiger charge is -2.41. The molecule has 1 fully saturated rings. The smallest absolute Gasteiger partial charge is 0.267 e. The Bertz CT molecular complexity index is 1470. The standard InChI is InChI=1S/C27H29N3O4S/c1-17-6-9-19(10-7-17)35(33,34)30-24(12-13-25(30)31)27(32)29-15-14-28-22-11-8-18(2)16-21(22)20-4-3-5-23(29)26(20)28/h6-11,16,23-24H,3-5,12-15H2,1-2H3. The van der Waals surface area contributed by atoms with E-state index < -0.39 is 22.0 Å². The summed E-state index contributed by atoms with van der Waals surface area (Å²) in [4.78, 5) is 28.6. The molecule has 0 bridgehead atoms. The highest BCUT2D eigenvalue weighted by molar-refractivity contribution is 7.89. The molecule has 2 unspecified atom stereocenters. The van der Waals surface area contributed by atoms with Crippen molar-refractivity contribution < 1.29 is 18.0 Å². The monoisotopic (exact) mass is 491 g/mol. The number of benzene rings is 2. The van der Waals surface area contributed by atoms with Gasteiger partial charge in [-0.3, -0.25) is 9.59 Å². The highest BCUT2D eigenvalue weighted by Crippen LogP contribution is 2.43. The lowest BCUT2D eigenvalue weighted by Crippen LogP contribution is -2.52. The van der Waals surface area contributed by atoms with Crippen LogP contribution in [0.25, 0.3) is 10.9 Å². The van der Waals surface area contributed by atoms with Gasteiger partial charge in [-0.15, -0.1) is 0 Å². The van der Waals surface area contributed by atoms with E-state index in [4.69, 9.17) is 0 Å². The van der Waals surface area contributed by atoms with Gasteiger partial charge in [-0.05, 0) is 69.4 Å². The minimum atomic E-state index is -4.11. The summed E-state index contributed by atoms with van der Waals surface area (Å²) in [5, 5.41) is 1.26. The van der Waals surface area contributed by atoms with Gasteiger partial charge in [-0.1, -0.05) is 29.3 Å². The molecule has 8 heteroatoms. The van der Waals surface area contributed by atoms with Crippen LogP contribution in [-0.2, 0) is 32.6 Å². The maximum Gasteiger partial charge on any atom is 0.267 e. The highest BCUT2D eigenvalue weighted by atomic mass is 32.2. The van der Waals surface area contributed by atoms with Gasteiger partial charge < -0.3 is 9.47 Å². The molecular formula is C27H29N3O4S. The number of sulfonamides is 1. The predicted molar refractivity (Wildman–Crippen MR) is 132 cm³/mol. The molecule has 3 heterocycles. The summed E-state index contributed by atoms with van der Waals surface area (Å²) in [6, 6.07) is 11.9. The van der Waals surface area contributed by atoms with Crippen LogP contribution in [0.2, 0.25) is 0 Å². The fourth-order valence-corrected chi connectivity index (χ4v) is 7.78. The Labute approximate surface area is 205 Å². The largest absolute Gasteiger partial charge is 0.341 e. The van der Waals surface area contributed by atoms with Gasteiger partial charge in [0, 0.05) is 36.1 Å². The number of carbonyl (C=O) groups is 2. The summed E-state index contributed by atoms with van der Waals surface area (Å²) in [5.41, 5.74) is 5.85. The van der Waals surface area contributed by atoms with E-state index in [1.165, 1.54) is 39.9 Å². The van der Waals surface area contributed by atoms with Crippen LogP contribution in [0.3, 0.4) is 0 Å². The first-order valence-electron chi connectivity index (χ1n) is 12.3. The minimum absolute atomic E-state index is 0.0465. The average molecular weight is 492 g/mol. The number of nitrogens with zero attached hydrogens (tertiary/aromatic N) is 3. The first-order valence-corrected chi connectivity index (χ1v) is 13.8. The van der Waals surface area contributed by atoms with Crippen molar-refractivity contribution in [2.75, 3.05) is 6.54 Å². The highest BCUT2D eigenvalue weighted by Gasteiger charge is 2.48. The van der Waals surface area contributed by atoms with Crippen LogP contribution in [0, 0.1) is 13.8 Å². The Morgan fingerprint density at radius 3 is 2.46 bits per heavy atom. The summed E-state index contributed by atoms with van der Waals surface area (Å²) < 4.78 is 30.1. The number of hydrogen-bond acceptors (Lipinski definition) is 4. The van der Waals surface area contributed by atoms with Gasteiger partial charge in [0.05, 0.1) is 10.9 Å². The van der Waals surface area contributed by atoms with Gasteiger partial charge in [0.2, 0.25) is 11.8 Å². The summed E-state index contributed by atoms with van der Waals surface area (Å²) in [5.74, 6) is -0.757. The Morgan fingerprint density at radius 1 is 0.943 bits per heavy atom. The quantitative estimate of drug-likeness (QED) is 0.557. The second-order valence-corrected chi connectivity index (χ2v) is 11.9. The first kappa shape index (κ1) is 22.3. The first-order chi connectivity index (χ1) is 16.8. The molecule has 35 heavy (non-hydrogen) atoms. The van der Waals surface area contributed by atoms with Gasteiger partial charge in [0.1, 0.15) is 6.04 Å². The van der Waals surface area contributed by atoms with Crippen LogP contribution in [-0.4, -0.2) is 46.6 Å². The van der Waals surface area contributed by atoms with Crippen molar-refractivity contribution in [2.24, 2.45) is 0 Å². The summed E-state index contributed by atoms with van der Waals surface area (Å²) in [7, 11) is -4.11. The molecule has 1 saturated heterocycles. The van der Waals surface area contributed by atoms with Crippen LogP contribution < -0.4 is 0 Å². The van der Waals surface area contributed by atoms with Crippen molar-refractivity contribution in [3.63, 3.8) is 0 Å². The van der Waals surface area contributed by atoms with Crippen LogP contribution in [0.15, 0.2) is 47.4 Å². The molecule has 0 radical (unpaired) electrons. The second-order valence-electron chi connectivity index (χ2n) is 10.0. The molecule has 3 aromatic rings. The number of carbonyl (C=O) groups excluding carboxylic acids is 2. The van der Waals surface area contributed by atoms with E-state index in [2.05, 4.69) is 29.7 Å². The van der Waals surface area contributed by atoms with Crippen molar-refractivity contribution in [3.8, 4) is 0 Å². The number of aryl methyl sites for hydroxylation is 3. The SMILES string of the molecule is Cc1ccc(S(=O)(=O)N2C(=O)CCC2C(=O)N2CCn3c4c(c5cc(C)ccc53)CCCC42)cc1. The fraction of sp³-hybridized carbons (Fsp3) is 0.407. The molecule has 0 spiro atoms. The third-order valence-corrected chi connectivity index (χ3v) is 9.68. The molecule has 6 rings (SSSR count). The maximum absolute atomic E-state index is 13.9. The Hall–Kier alpha value is -3.13. The lowest BCUT2D eigenvalue weighted by atomic mass is 9.89. The molecule has 7 nitrogen and oxygen atoms in total. The van der Waals surface area contributed by atoms with Crippen LogP contribution in [0.5, 0.6) is 0 Å². The summed E-state index contributed by atoms with van der Waals surface area (Å²) in [6.07, 6.45) is 3.09. The van der Waals surface area contributed by atoms with Gasteiger partial charge in [-0.2, -0.15) is 0 Å². The second kappa shape index (κ2) is 7.95. The molecule has 2 aromatic carbocycles. The van der Waals surface area contributed by atoms with Crippen molar-refractivity contribution in [3.05, 3.63) is 64.8 Å². The maximum atomic E-state index is 13.9. The van der Waals surface area contributed by atoms with Crippen LogP contribution >= 0.6 is 0 Å². The molecular weight excluding hydrogens is 462 g/mol. The van der Waals surface area contributed by atoms with E-state index in [1.54, 1.807) is 12.1 Å². The van der Waals surface area contributed by atoms with E-state index in [1.807, 2.05) is 11.8 Å². The minimum Gasteiger partial charge on any atom is -0.341 e. The zero-order valence-electron chi connectivity index (χ0n) is 20.0. The van der Waals surface area contributed by atoms with Crippen LogP contribution in [0.1, 0.15) is 54.1 Å². The molecule has 1 aromatic heterocycles. The Kier molecular flexibility index (Phi) is 5.07. The normalized spacial score (nSPS) is 22.1. The predicted octanol–water partition coefficient (Wildman–Crippen LogP) is 3.86. The van der Waals surface area contributed by atoms with Gasteiger partial charge in [0.25, 0.3) is 10.0 Å². The van der Waals surface area contributed by atoms with Crippen molar-refractivity contribution >= 4 is 32.7 Å². The van der Waals surface area contributed by atoms with E-state index in [0.29, 0.717) is 13.1 Å². The van der Waals surface area contributed by atoms with E-state index in [-0.39, 0.29) is 29.7 Å². The topological polar surface area (TPSA) is 79.7 Å². The molecule has 2 atom stereocenters. The average Bonchev–Trinajstić information content (AvgIpc) is 3.39. The fourth-order valence-electron chi connectivity index (χ4n) is 6.18. The Morgan fingerprint density at radius 2 is 1.69 bits per heavy atom. The third-order valence-electron chi connectivity index (χ3n) is 7.84. The van der Waals surface area contributed by atoms with Gasteiger partial charge in [-0.25, -0.2) is 12.7 Å². The summed E-state index contributed by atoms with van der Waals surface area (Å²) in [6.45, 7) is 5.15. The molecule has 0 N–H and O–H groups in total. The Balaban J connectivity index is 1.37. The van der Waals surface area contributed by atoms with Gasteiger partial charge in [0.15, 0.2) is 0 Å². The summed E-state index contributed by atoms with van der Waals surface area (Å²) >= 11 is 0. The van der Waals surface area contributed by atoms with Crippen molar-refractivity contribution in [1.82, 2.24) is 13.8 Å².